The number of amides is 1. The number of benzene rings is 2. The van der Waals surface area contributed by atoms with Gasteiger partial charge in [0.05, 0.1) is 17.2 Å². The molecule has 224 valence electrons. The number of aliphatic hydroxyl groups is 1. The Morgan fingerprint density at radius 3 is 2.48 bits per heavy atom. The van der Waals surface area contributed by atoms with Crippen LogP contribution in [-0.4, -0.2) is 64.3 Å². The van der Waals surface area contributed by atoms with Crippen LogP contribution in [0.1, 0.15) is 60.2 Å². The molecule has 1 saturated heterocycles. The highest BCUT2D eigenvalue weighted by atomic mass is 32.1. The van der Waals surface area contributed by atoms with Crippen molar-refractivity contribution in [3.8, 4) is 17.0 Å². The first kappa shape index (κ1) is 30.0. The second-order valence-corrected chi connectivity index (χ2v) is 13.4. The van der Waals surface area contributed by atoms with Gasteiger partial charge in [0, 0.05) is 43.2 Å². The van der Waals surface area contributed by atoms with E-state index in [1.54, 1.807) is 37.1 Å². The van der Waals surface area contributed by atoms with Crippen LogP contribution >= 0.6 is 11.3 Å². The highest BCUT2D eigenvalue weighted by Gasteiger charge is 2.46. The number of anilines is 1. The van der Waals surface area contributed by atoms with E-state index in [-0.39, 0.29) is 23.7 Å². The Labute approximate surface area is 252 Å². The number of carboxylic acid groups (broad SMARTS) is 1. The van der Waals surface area contributed by atoms with Crippen LogP contribution in [-0.2, 0) is 11.4 Å². The van der Waals surface area contributed by atoms with Crippen LogP contribution in [0.5, 0.6) is 5.75 Å². The monoisotopic (exact) mass is 591 g/mol. The summed E-state index contributed by atoms with van der Waals surface area (Å²) in [6, 6.07) is 11.8. The number of rotatable bonds is 10. The lowest BCUT2D eigenvalue weighted by molar-refractivity contribution is -0.144. The van der Waals surface area contributed by atoms with E-state index in [1.165, 1.54) is 0 Å². The Bertz CT molecular complexity index is 1450. The van der Waals surface area contributed by atoms with E-state index in [9.17, 15) is 19.8 Å². The highest BCUT2D eigenvalue weighted by molar-refractivity contribution is 7.14. The normalized spacial score (nSPS) is 20.0. The standard InChI is InChI=1S/C33H41N3O5S/c1-20-6-11-28(41-18-25-10-7-22(15-21(25)2)30(37)35(5)13-12-33(3,4)40)26(14-20)27-19-42-32(34-27)36-16-23-8-9-24(17-36)29(23)31(38)39/h6-7,10-11,14-15,19,23-24,29,40H,8-9,12-13,16-18H2,1-5H3,(H,38,39)/t23-,24+,29?. The number of hydrogen-bond acceptors (Lipinski definition) is 7. The van der Waals surface area contributed by atoms with Crippen LogP contribution in [0.15, 0.2) is 41.8 Å². The molecule has 1 unspecified atom stereocenters. The number of hydrogen-bond donors (Lipinski definition) is 2. The lowest BCUT2D eigenvalue weighted by atomic mass is 9.85. The molecule has 1 saturated carbocycles. The van der Waals surface area contributed by atoms with Crippen molar-refractivity contribution >= 4 is 28.3 Å². The molecule has 2 heterocycles. The zero-order chi connectivity index (χ0) is 30.2. The van der Waals surface area contributed by atoms with E-state index in [0.717, 1.165) is 64.8 Å². The van der Waals surface area contributed by atoms with E-state index in [4.69, 9.17) is 9.72 Å². The molecule has 2 N–H and O–H groups in total. The van der Waals surface area contributed by atoms with Crippen molar-refractivity contribution in [2.45, 2.75) is 59.2 Å². The van der Waals surface area contributed by atoms with E-state index in [0.29, 0.717) is 25.1 Å². The summed E-state index contributed by atoms with van der Waals surface area (Å²) in [7, 11) is 1.76. The van der Waals surface area contributed by atoms with Gasteiger partial charge in [0.25, 0.3) is 5.91 Å². The van der Waals surface area contributed by atoms with E-state index < -0.39 is 11.6 Å². The third kappa shape index (κ3) is 6.63. The zero-order valence-electron chi connectivity index (χ0n) is 25.1. The summed E-state index contributed by atoms with van der Waals surface area (Å²) in [5.41, 5.74) is 4.65. The topological polar surface area (TPSA) is 103 Å². The first-order valence-corrected chi connectivity index (χ1v) is 15.5. The van der Waals surface area contributed by atoms with Crippen LogP contribution in [0.3, 0.4) is 0 Å². The molecule has 1 aliphatic heterocycles. The van der Waals surface area contributed by atoms with Crippen molar-refractivity contribution in [2.24, 2.45) is 17.8 Å². The molecule has 2 aromatic carbocycles. The van der Waals surface area contributed by atoms with Crippen molar-refractivity contribution in [3.63, 3.8) is 0 Å². The van der Waals surface area contributed by atoms with Gasteiger partial charge in [-0.15, -0.1) is 11.3 Å². The fraction of sp³-hybridized carbons (Fsp3) is 0.485. The second-order valence-electron chi connectivity index (χ2n) is 12.6. The molecule has 8 nitrogen and oxygen atoms in total. The average molecular weight is 592 g/mol. The number of aryl methyl sites for hydroxylation is 2. The number of thiazole rings is 1. The number of ether oxygens (including phenoxy) is 1. The van der Waals surface area contributed by atoms with Crippen molar-refractivity contribution in [3.05, 3.63) is 64.0 Å². The lowest BCUT2D eigenvalue weighted by Gasteiger charge is -2.35. The first-order valence-electron chi connectivity index (χ1n) is 14.6. The van der Waals surface area contributed by atoms with Gasteiger partial charge in [-0.1, -0.05) is 17.7 Å². The maximum atomic E-state index is 12.9. The summed E-state index contributed by atoms with van der Waals surface area (Å²) in [5, 5.41) is 22.7. The van der Waals surface area contributed by atoms with Crippen LogP contribution in [0.4, 0.5) is 5.13 Å². The third-order valence-corrected chi connectivity index (χ3v) is 9.57. The number of nitrogens with zero attached hydrogens (tertiary/aromatic N) is 3. The minimum absolute atomic E-state index is 0.0739. The SMILES string of the molecule is Cc1ccc(OCc2ccc(C(=O)N(C)CCC(C)(C)O)cc2C)c(-c2csc(N3C[C@H]4CC[C@@H](C3)C4C(=O)O)n2)c1. The predicted octanol–water partition coefficient (Wildman–Crippen LogP) is 5.79. The lowest BCUT2D eigenvalue weighted by Crippen LogP contribution is -2.44. The van der Waals surface area contributed by atoms with Gasteiger partial charge in [-0.05, 0) is 94.2 Å². The average Bonchev–Trinajstić information content (AvgIpc) is 3.53. The van der Waals surface area contributed by atoms with Gasteiger partial charge >= 0.3 is 5.97 Å². The van der Waals surface area contributed by atoms with Gasteiger partial charge in [0.1, 0.15) is 12.4 Å². The van der Waals surface area contributed by atoms with E-state index >= 15 is 0 Å². The van der Waals surface area contributed by atoms with Gasteiger partial charge in [-0.25, -0.2) is 4.98 Å². The van der Waals surface area contributed by atoms with Gasteiger partial charge in [-0.2, -0.15) is 0 Å². The number of carbonyl (C=O) groups excluding carboxylic acids is 1. The Hall–Kier alpha value is -3.43. The summed E-state index contributed by atoms with van der Waals surface area (Å²) in [5.74, 6) is 0.152. The number of carboxylic acids is 1. The van der Waals surface area contributed by atoms with E-state index in [2.05, 4.69) is 16.3 Å². The number of fused-ring (bicyclic) bond motifs is 2. The maximum Gasteiger partial charge on any atom is 0.307 e. The molecule has 2 aliphatic rings. The molecule has 9 heteroatoms. The first-order chi connectivity index (χ1) is 19.9. The summed E-state index contributed by atoms with van der Waals surface area (Å²) < 4.78 is 6.34. The molecule has 5 rings (SSSR count). The van der Waals surface area contributed by atoms with Crippen LogP contribution < -0.4 is 9.64 Å². The smallest absolute Gasteiger partial charge is 0.307 e. The van der Waals surface area contributed by atoms with Crippen molar-refractivity contribution in [2.75, 3.05) is 31.6 Å². The van der Waals surface area contributed by atoms with Gasteiger partial charge in [0.2, 0.25) is 0 Å². The molecule has 3 atom stereocenters. The number of piperidine rings is 1. The van der Waals surface area contributed by atoms with Gasteiger partial charge in [0.15, 0.2) is 5.13 Å². The second kappa shape index (κ2) is 12.1. The largest absolute Gasteiger partial charge is 0.488 e. The summed E-state index contributed by atoms with van der Waals surface area (Å²) in [4.78, 5) is 33.6. The fourth-order valence-electron chi connectivity index (χ4n) is 6.19. The number of aromatic nitrogens is 1. The third-order valence-electron chi connectivity index (χ3n) is 8.67. The zero-order valence-corrected chi connectivity index (χ0v) is 25.9. The molecule has 2 fully saturated rings. The molecular formula is C33H41N3O5S. The molecule has 3 aromatic rings. The van der Waals surface area contributed by atoms with Crippen LogP contribution in [0, 0.1) is 31.6 Å². The molecule has 1 amide bonds. The number of aliphatic carboxylic acids is 1. The van der Waals surface area contributed by atoms with Crippen LogP contribution in [0.25, 0.3) is 11.3 Å². The Morgan fingerprint density at radius 1 is 1.12 bits per heavy atom. The van der Waals surface area contributed by atoms with Crippen molar-refractivity contribution in [1.82, 2.24) is 9.88 Å². The molecule has 1 aromatic heterocycles. The molecule has 1 aliphatic carbocycles. The molecule has 0 radical (unpaired) electrons. The minimum Gasteiger partial charge on any atom is -0.488 e. The van der Waals surface area contributed by atoms with Gasteiger partial charge in [-0.3, -0.25) is 9.59 Å². The number of carbonyl (C=O) groups is 2. The minimum atomic E-state index is -0.820. The molecule has 0 spiro atoms. The quantitative estimate of drug-likeness (QED) is 0.308. The van der Waals surface area contributed by atoms with Crippen molar-refractivity contribution < 1.29 is 24.5 Å². The van der Waals surface area contributed by atoms with Gasteiger partial charge < -0.3 is 24.7 Å². The Morgan fingerprint density at radius 2 is 1.83 bits per heavy atom. The molecule has 42 heavy (non-hydrogen) atoms. The Kier molecular flexibility index (Phi) is 8.62. The summed E-state index contributed by atoms with van der Waals surface area (Å²) in [6.07, 6.45) is 2.45. The summed E-state index contributed by atoms with van der Waals surface area (Å²) >= 11 is 1.60. The van der Waals surface area contributed by atoms with Crippen molar-refractivity contribution in [1.29, 1.82) is 0 Å². The highest BCUT2D eigenvalue weighted by Crippen LogP contribution is 2.44. The molecule has 2 bridgehead atoms. The fourth-order valence-corrected chi connectivity index (χ4v) is 7.04. The molecular weight excluding hydrogens is 550 g/mol. The maximum absolute atomic E-state index is 12.9. The van der Waals surface area contributed by atoms with Crippen LogP contribution in [0.2, 0.25) is 0 Å². The van der Waals surface area contributed by atoms with E-state index in [1.807, 2.05) is 44.2 Å². The Balaban J connectivity index is 1.27. The summed E-state index contributed by atoms with van der Waals surface area (Å²) in [6.45, 7) is 9.83. The predicted molar refractivity (Wildman–Crippen MR) is 165 cm³/mol.